The van der Waals surface area contributed by atoms with Crippen LogP contribution < -0.4 is 4.89 Å². The van der Waals surface area contributed by atoms with Crippen molar-refractivity contribution in [2.75, 3.05) is 0 Å². The molecule has 0 saturated heterocycles. The normalized spacial score (nSPS) is 9.69. The number of carboxylic acid groups (broad SMARTS) is 1. The highest BCUT2D eigenvalue weighted by Gasteiger charge is 2.14. The van der Waals surface area contributed by atoms with Crippen LogP contribution in [0, 0.1) is 6.92 Å². The van der Waals surface area contributed by atoms with Crippen molar-refractivity contribution >= 4 is 5.97 Å². The Kier molecular flexibility index (Phi) is 2.39. The predicted molar refractivity (Wildman–Crippen MR) is 43.1 cm³/mol. The van der Waals surface area contributed by atoms with E-state index in [0.717, 1.165) is 6.07 Å². The van der Waals surface area contributed by atoms with E-state index in [1.54, 1.807) is 0 Å². The average molecular weight is 184 g/mol. The zero-order valence-corrected chi connectivity index (χ0v) is 6.81. The third-order valence-corrected chi connectivity index (χ3v) is 1.71. The van der Waals surface area contributed by atoms with Gasteiger partial charge < -0.3 is 15.1 Å². The van der Waals surface area contributed by atoms with E-state index in [0.29, 0.717) is 0 Å². The smallest absolute Gasteiger partial charge is 0.339 e. The van der Waals surface area contributed by atoms with Gasteiger partial charge in [-0.1, -0.05) is 0 Å². The molecule has 0 radical (unpaired) electrons. The van der Waals surface area contributed by atoms with Gasteiger partial charge in [-0.25, -0.2) is 10.1 Å². The van der Waals surface area contributed by atoms with E-state index in [-0.39, 0.29) is 16.9 Å². The number of carboxylic acids is 1. The predicted octanol–water partition coefficient (Wildman–Crippen LogP) is 1.25. The van der Waals surface area contributed by atoms with E-state index >= 15 is 0 Å². The molecule has 0 saturated carbocycles. The van der Waals surface area contributed by atoms with Crippen molar-refractivity contribution < 1.29 is 25.2 Å². The standard InChI is InChI=1S/C8H8O5/c1-4-6(13-12)3-2-5(7(4)9)8(10)11/h2-3,9,12H,1H3,(H,10,11). The lowest BCUT2D eigenvalue weighted by molar-refractivity contribution is -0.138. The summed E-state index contributed by atoms with van der Waals surface area (Å²) >= 11 is 0. The Balaban J connectivity index is 3.31. The molecule has 3 N–H and O–H groups in total. The number of hydrogen-bond acceptors (Lipinski definition) is 4. The van der Waals surface area contributed by atoms with Gasteiger partial charge in [-0.15, -0.1) is 0 Å². The Bertz CT molecular complexity index is 345. The highest BCUT2D eigenvalue weighted by molar-refractivity contribution is 5.91. The van der Waals surface area contributed by atoms with Gasteiger partial charge >= 0.3 is 5.97 Å². The fourth-order valence-electron chi connectivity index (χ4n) is 0.953. The topological polar surface area (TPSA) is 87.0 Å². The fraction of sp³-hybridized carbons (Fsp3) is 0.125. The molecule has 0 atom stereocenters. The van der Waals surface area contributed by atoms with Crippen molar-refractivity contribution in [2.45, 2.75) is 6.92 Å². The van der Waals surface area contributed by atoms with Gasteiger partial charge in [0.1, 0.15) is 11.3 Å². The number of carbonyl (C=O) groups is 1. The summed E-state index contributed by atoms with van der Waals surface area (Å²) in [7, 11) is 0. The third-order valence-electron chi connectivity index (χ3n) is 1.71. The highest BCUT2D eigenvalue weighted by Crippen LogP contribution is 2.29. The van der Waals surface area contributed by atoms with Crippen molar-refractivity contribution in [2.24, 2.45) is 0 Å². The Morgan fingerprint density at radius 1 is 1.46 bits per heavy atom. The highest BCUT2D eigenvalue weighted by atomic mass is 17.1. The summed E-state index contributed by atoms with van der Waals surface area (Å²) in [6, 6.07) is 2.41. The number of phenols is 1. The molecule has 0 aromatic heterocycles. The minimum absolute atomic E-state index is 0.0301. The van der Waals surface area contributed by atoms with Crippen LogP contribution >= 0.6 is 0 Å². The van der Waals surface area contributed by atoms with Crippen LogP contribution in [0.4, 0.5) is 0 Å². The Hall–Kier alpha value is -1.75. The molecule has 0 unspecified atom stereocenters. The van der Waals surface area contributed by atoms with Gasteiger partial charge in [0.25, 0.3) is 0 Å². The molecule has 1 aromatic carbocycles. The first-order valence-electron chi connectivity index (χ1n) is 3.45. The second-order valence-corrected chi connectivity index (χ2v) is 2.48. The molecule has 70 valence electrons. The van der Waals surface area contributed by atoms with Crippen LogP contribution in [0.2, 0.25) is 0 Å². The van der Waals surface area contributed by atoms with E-state index in [1.807, 2.05) is 0 Å². The Labute approximate surface area is 73.7 Å². The maximum Gasteiger partial charge on any atom is 0.339 e. The van der Waals surface area contributed by atoms with Crippen molar-refractivity contribution in [3.63, 3.8) is 0 Å². The quantitative estimate of drug-likeness (QED) is 0.475. The molecule has 13 heavy (non-hydrogen) atoms. The Morgan fingerprint density at radius 3 is 2.54 bits per heavy atom. The summed E-state index contributed by atoms with van der Waals surface area (Å²) < 4.78 is 0. The second kappa shape index (κ2) is 3.32. The second-order valence-electron chi connectivity index (χ2n) is 2.48. The molecular weight excluding hydrogens is 176 g/mol. The molecule has 0 aliphatic carbocycles. The molecule has 1 rings (SSSR count). The molecule has 0 fully saturated rings. The van der Waals surface area contributed by atoms with E-state index in [1.165, 1.54) is 13.0 Å². The van der Waals surface area contributed by atoms with E-state index in [2.05, 4.69) is 4.89 Å². The van der Waals surface area contributed by atoms with Crippen LogP contribution in [-0.2, 0) is 0 Å². The summed E-state index contributed by atoms with van der Waals surface area (Å²) in [5.41, 5.74) is -0.0410. The lowest BCUT2D eigenvalue weighted by Gasteiger charge is -2.06. The molecule has 0 amide bonds. The molecule has 0 spiro atoms. The maximum absolute atomic E-state index is 10.5. The minimum atomic E-state index is -1.23. The summed E-state index contributed by atoms with van der Waals surface area (Å²) in [4.78, 5) is 14.4. The van der Waals surface area contributed by atoms with Crippen LogP contribution in [0.1, 0.15) is 15.9 Å². The minimum Gasteiger partial charge on any atom is -0.507 e. The summed E-state index contributed by atoms with van der Waals surface area (Å²) in [6.45, 7) is 1.44. The zero-order valence-electron chi connectivity index (χ0n) is 6.81. The molecule has 0 heterocycles. The average Bonchev–Trinajstić information content (AvgIpc) is 2.09. The van der Waals surface area contributed by atoms with Crippen LogP contribution in [-0.4, -0.2) is 21.4 Å². The number of aromatic carboxylic acids is 1. The zero-order chi connectivity index (χ0) is 10.0. The molecule has 0 aliphatic rings. The molecule has 0 bridgehead atoms. The lowest BCUT2D eigenvalue weighted by Crippen LogP contribution is -1.99. The number of hydrogen-bond donors (Lipinski definition) is 3. The summed E-state index contributed by atoms with van der Waals surface area (Å²) in [6.07, 6.45) is 0. The van der Waals surface area contributed by atoms with Gasteiger partial charge in [0, 0.05) is 5.56 Å². The largest absolute Gasteiger partial charge is 0.507 e. The SMILES string of the molecule is Cc1c(OO)ccc(C(=O)O)c1O. The first-order valence-corrected chi connectivity index (χ1v) is 3.45. The van der Waals surface area contributed by atoms with Crippen molar-refractivity contribution in [1.29, 1.82) is 0 Å². The van der Waals surface area contributed by atoms with Crippen molar-refractivity contribution in [3.05, 3.63) is 23.3 Å². The van der Waals surface area contributed by atoms with Gasteiger partial charge in [0.05, 0.1) is 0 Å². The fourth-order valence-corrected chi connectivity index (χ4v) is 0.953. The molecule has 1 aromatic rings. The van der Waals surface area contributed by atoms with Crippen LogP contribution in [0.15, 0.2) is 12.1 Å². The molecular formula is C8H8O5. The van der Waals surface area contributed by atoms with Crippen LogP contribution in [0.25, 0.3) is 0 Å². The molecule has 5 heteroatoms. The molecule has 0 aliphatic heterocycles. The van der Waals surface area contributed by atoms with Crippen molar-refractivity contribution in [1.82, 2.24) is 0 Å². The van der Waals surface area contributed by atoms with Gasteiger partial charge in [-0.05, 0) is 19.1 Å². The number of aromatic hydroxyl groups is 1. The number of benzene rings is 1. The summed E-state index contributed by atoms with van der Waals surface area (Å²) in [5, 5.41) is 26.2. The monoisotopic (exact) mass is 184 g/mol. The molecule has 5 nitrogen and oxygen atoms in total. The lowest BCUT2D eigenvalue weighted by atomic mass is 10.1. The Morgan fingerprint density at radius 2 is 2.08 bits per heavy atom. The van der Waals surface area contributed by atoms with Crippen molar-refractivity contribution in [3.8, 4) is 11.5 Å². The van der Waals surface area contributed by atoms with E-state index < -0.39 is 11.7 Å². The maximum atomic E-state index is 10.5. The van der Waals surface area contributed by atoms with Crippen LogP contribution in [0.3, 0.4) is 0 Å². The first kappa shape index (κ1) is 9.34. The first-order chi connectivity index (χ1) is 6.07. The van der Waals surface area contributed by atoms with Gasteiger partial charge in [0.2, 0.25) is 0 Å². The van der Waals surface area contributed by atoms with E-state index in [9.17, 15) is 9.90 Å². The van der Waals surface area contributed by atoms with Gasteiger partial charge in [-0.3, -0.25) is 0 Å². The van der Waals surface area contributed by atoms with E-state index in [4.69, 9.17) is 10.4 Å². The van der Waals surface area contributed by atoms with Gasteiger partial charge in [0.15, 0.2) is 5.75 Å². The van der Waals surface area contributed by atoms with Gasteiger partial charge in [-0.2, -0.15) is 0 Å². The summed E-state index contributed by atoms with van der Waals surface area (Å²) in [5.74, 6) is -1.60. The number of rotatable bonds is 2. The third kappa shape index (κ3) is 1.54. The van der Waals surface area contributed by atoms with Crippen LogP contribution in [0.5, 0.6) is 11.5 Å².